The zero-order chi connectivity index (χ0) is 18.1. The highest BCUT2D eigenvalue weighted by molar-refractivity contribution is 5.96. The van der Waals surface area contributed by atoms with Gasteiger partial charge in [-0.05, 0) is 35.7 Å². The maximum Gasteiger partial charge on any atom is 0.229 e. The van der Waals surface area contributed by atoms with Gasteiger partial charge in [-0.15, -0.1) is 0 Å². The summed E-state index contributed by atoms with van der Waals surface area (Å²) in [4.78, 5) is 23.6. The van der Waals surface area contributed by atoms with Crippen molar-refractivity contribution in [3.05, 3.63) is 65.5 Å². The molecule has 0 atom stereocenters. The Labute approximate surface area is 146 Å². The summed E-state index contributed by atoms with van der Waals surface area (Å²) in [5.41, 5.74) is 1.76. The maximum atomic E-state index is 12.8. The number of hydrogen-bond acceptors (Lipinski definition) is 3. The lowest BCUT2D eigenvalue weighted by atomic mass is 10.1. The molecule has 0 saturated heterocycles. The first kappa shape index (κ1) is 18.4. The molecule has 6 heteroatoms. The van der Waals surface area contributed by atoms with Gasteiger partial charge >= 0.3 is 0 Å². The van der Waals surface area contributed by atoms with Gasteiger partial charge in [-0.25, -0.2) is 4.39 Å². The van der Waals surface area contributed by atoms with Gasteiger partial charge in [0.25, 0.3) is 0 Å². The van der Waals surface area contributed by atoms with E-state index in [2.05, 4.69) is 10.6 Å². The molecular formula is C19H21FN2O3. The summed E-state index contributed by atoms with van der Waals surface area (Å²) in [5.74, 6) is -0.274. The molecule has 0 aromatic heterocycles. The molecular weight excluding hydrogens is 323 g/mol. The van der Waals surface area contributed by atoms with Crippen LogP contribution in [0.15, 0.2) is 48.5 Å². The van der Waals surface area contributed by atoms with Crippen molar-refractivity contribution in [1.82, 2.24) is 10.6 Å². The average Bonchev–Trinajstić information content (AvgIpc) is 2.61. The van der Waals surface area contributed by atoms with Crippen LogP contribution in [0.4, 0.5) is 4.39 Å². The third-order valence-electron chi connectivity index (χ3n) is 3.63. The monoisotopic (exact) mass is 344 g/mol. The Balaban J connectivity index is 1.69. The van der Waals surface area contributed by atoms with Crippen LogP contribution in [0, 0.1) is 5.82 Å². The van der Waals surface area contributed by atoms with Crippen molar-refractivity contribution < 1.29 is 18.7 Å². The summed E-state index contributed by atoms with van der Waals surface area (Å²) in [7, 11) is 1.60. The second-order valence-corrected chi connectivity index (χ2v) is 5.49. The molecule has 132 valence electrons. The number of halogens is 1. The minimum Gasteiger partial charge on any atom is -0.496 e. The van der Waals surface area contributed by atoms with Gasteiger partial charge in [0, 0.05) is 13.1 Å². The number of carbonyl (C=O) groups is 2. The van der Waals surface area contributed by atoms with Gasteiger partial charge in [0.1, 0.15) is 18.0 Å². The fourth-order valence-electron chi connectivity index (χ4n) is 2.32. The van der Waals surface area contributed by atoms with E-state index in [9.17, 15) is 14.0 Å². The Morgan fingerprint density at radius 3 is 2.40 bits per heavy atom. The molecule has 0 saturated carbocycles. The van der Waals surface area contributed by atoms with Crippen molar-refractivity contribution in [2.45, 2.75) is 19.4 Å². The Morgan fingerprint density at radius 2 is 1.68 bits per heavy atom. The van der Waals surface area contributed by atoms with E-state index in [0.29, 0.717) is 13.0 Å². The highest BCUT2D eigenvalue weighted by atomic mass is 19.1. The summed E-state index contributed by atoms with van der Waals surface area (Å²) in [5, 5.41) is 5.35. The molecule has 5 nitrogen and oxygen atoms in total. The van der Waals surface area contributed by atoms with Crippen LogP contribution >= 0.6 is 0 Å². The zero-order valence-corrected chi connectivity index (χ0v) is 14.0. The normalized spacial score (nSPS) is 10.2. The highest BCUT2D eigenvalue weighted by Gasteiger charge is 2.09. The van der Waals surface area contributed by atoms with Crippen LogP contribution in [0.1, 0.15) is 17.5 Å². The van der Waals surface area contributed by atoms with E-state index < -0.39 is 0 Å². The number of amides is 2. The molecule has 2 amide bonds. The molecule has 0 fully saturated rings. The first-order valence-corrected chi connectivity index (χ1v) is 7.98. The standard InChI is InChI=1S/C19H21FN2O3/c1-25-17-5-3-2-4-15(17)10-11-21-18(23)12-19(24)22-13-14-6-8-16(20)9-7-14/h2-9H,10-13H2,1H3,(H,21,23)(H,22,24). The first-order valence-electron chi connectivity index (χ1n) is 7.98. The predicted octanol–water partition coefficient (Wildman–Crippen LogP) is 2.20. The number of para-hydroxylation sites is 1. The molecule has 2 N–H and O–H groups in total. The fraction of sp³-hybridized carbons (Fsp3) is 0.263. The lowest BCUT2D eigenvalue weighted by Gasteiger charge is -2.09. The Hall–Kier alpha value is -2.89. The third kappa shape index (κ3) is 6.25. The quantitative estimate of drug-likeness (QED) is 0.722. The van der Waals surface area contributed by atoms with E-state index in [-0.39, 0.29) is 30.6 Å². The van der Waals surface area contributed by atoms with Gasteiger partial charge in [0.2, 0.25) is 11.8 Å². The number of methoxy groups -OCH3 is 1. The van der Waals surface area contributed by atoms with E-state index in [4.69, 9.17) is 4.74 Å². The van der Waals surface area contributed by atoms with Gasteiger partial charge < -0.3 is 15.4 Å². The molecule has 25 heavy (non-hydrogen) atoms. The summed E-state index contributed by atoms with van der Waals surface area (Å²) < 4.78 is 18.0. The molecule has 0 radical (unpaired) electrons. The van der Waals surface area contributed by atoms with Gasteiger partial charge in [-0.2, -0.15) is 0 Å². The predicted molar refractivity (Wildman–Crippen MR) is 92.6 cm³/mol. The molecule has 2 aromatic rings. The minimum absolute atomic E-state index is 0.243. The van der Waals surface area contributed by atoms with Crippen molar-refractivity contribution in [3.63, 3.8) is 0 Å². The number of hydrogen-bond donors (Lipinski definition) is 2. The van der Waals surface area contributed by atoms with E-state index >= 15 is 0 Å². The molecule has 0 aliphatic heterocycles. The van der Waals surface area contributed by atoms with Crippen LogP contribution in [0.3, 0.4) is 0 Å². The lowest BCUT2D eigenvalue weighted by Crippen LogP contribution is -2.32. The molecule has 0 spiro atoms. The number of nitrogens with one attached hydrogen (secondary N) is 2. The first-order chi connectivity index (χ1) is 12.1. The smallest absolute Gasteiger partial charge is 0.229 e. The molecule has 0 aliphatic carbocycles. The minimum atomic E-state index is -0.376. The van der Waals surface area contributed by atoms with E-state index in [0.717, 1.165) is 16.9 Å². The van der Waals surface area contributed by atoms with Crippen LogP contribution in [-0.4, -0.2) is 25.5 Å². The number of ether oxygens (including phenoxy) is 1. The van der Waals surface area contributed by atoms with Crippen LogP contribution < -0.4 is 15.4 Å². The highest BCUT2D eigenvalue weighted by Crippen LogP contribution is 2.17. The summed E-state index contributed by atoms with van der Waals surface area (Å²) in [6.07, 6.45) is 0.375. The molecule has 0 unspecified atom stereocenters. The topological polar surface area (TPSA) is 67.4 Å². The van der Waals surface area contributed by atoms with Crippen LogP contribution in [0.2, 0.25) is 0 Å². The maximum absolute atomic E-state index is 12.8. The van der Waals surface area contributed by atoms with Crippen molar-refractivity contribution >= 4 is 11.8 Å². The van der Waals surface area contributed by atoms with Crippen LogP contribution in [0.25, 0.3) is 0 Å². The van der Waals surface area contributed by atoms with Gasteiger partial charge in [0.05, 0.1) is 7.11 Å². The van der Waals surface area contributed by atoms with Crippen molar-refractivity contribution in [1.29, 1.82) is 0 Å². The Kier molecular flexibility index (Phi) is 6.95. The summed E-state index contributed by atoms with van der Waals surface area (Å²) in [6.45, 7) is 0.679. The molecule has 0 heterocycles. The number of rotatable bonds is 8. The van der Waals surface area contributed by atoms with Crippen molar-refractivity contribution in [2.24, 2.45) is 0 Å². The summed E-state index contributed by atoms with van der Waals surface area (Å²) in [6, 6.07) is 13.4. The SMILES string of the molecule is COc1ccccc1CCNC(=O)CC(=O)NCc1ccc(F)cc1. The van der Waals surface area contributed by atoms with E-state index in [1.54, 1.807) is 19.2 Å². The zero-order valence-electron chi connectivity index (χ0n) is 14.0. The summed E-state index contributed by atoms with van der Waals surface area (Å²) >= 11 is 0. The number of benzene rings is 2. The molecule has 2 aromatic carbocycles. The van der Waals surface area contributed by atoms with Gasteiger partial charge in [-0.1, -0.05) is 30.3 Å². The van der Waals surface area contributed by atoms with E-state index in [1.165, 1.54) is 12.1 Å². The molecule has 2 rings (SSSR count). The van der Waals surface area contributed by atoms with Crippen LogP contribution in [-0.2, 0) is 22.6 Å². The Bertz CT molecular complexity index is 717. The van der Waals surface area contributed by atoms with Gasteiger partial charge in [0.15, 0.2) is 0 Å². The van der Waals surface area contributed by atoms with Gasteiger partial charge in [-0.3, -0.25) is 9.59 Å². The largest absolute Gasteiger partial charge is 0.496 e. The fourth-order valence-corrected chi connectivity index (χ4v) is 2.32. The van der Waals surface area contributed by atoms with Crippen LogP contribution in [0.5, 0.6) is 5.75 Å². The van der Waals surface area contributed by atoms with Crippen molar-refractivity contribution in [3.8, 4) is 5.75 Å². The van der Waals surface area contributed by atoms with Crippen molar-refractivity contribution in [2.75, 3.05) is 13.7 Å². The number of carbonyl (C=O) groups excluding carboxylic acids is 2. The molecule has 0 bridgehead atoms. The Morgan fingerprint density at radius 1 is 1.00 bits per heavy atom. The second-order valence-electron chi connectivity index (χ2n) is 5.49. The lowest BCUT2D eigenvalue weighted by molar-refractivity contribution is -0.129. The molecule has 0 aliphatic rings. The van der Waals surface area contributed by atoms with E-state index in [1.807, 2.05) is 24.3 Å². The third-order valence-corrected chi connectivity index (χ3v) is 3.63. The average molecular weight is 344 g/mol. The second kappa shape index (κ2) is 9.42.